The molecule has 1 aromatic heterocycles. The third-order valence-corrected chi connectivity index (χ3v) is 3.39. The van der Waals surface area contributed by atoms with Gasteiger partial charge in [-0.15, -0.1) is 11.6 Å². The largest absolute Gasteiger partial charge is 0.474 e. The molecule has 2 heterocycles. The number of alkyl halides is 1. The summed E-state index contributed by atoms with van der Waals surface area (Å²) >= 11 is 5.86. The lowest BCUT2D eigenvalue weighted by molar-refractivity contribution is -0.0729. The van der Waals surface area contributed by atoms with Gasteiger partial charge in [0, 0.05) is 30.5 Å². The topological polar surface area (TPSA) is 31.4 Å². The molecule has 1 fully saturated rings. The molecule has 3 nitrogen and oxygen atoms in total. The van der Waals surface area contributed by atoms with E-state index in [1.165, 1.54) is 0 Å². The minimum atomic E-state index is 0.182. The Morgan fingerprint density at radius 3 is 2.61 bits per heavy atom. The van der Waals surface area contributed by atoms with Crippen molar-refractivity contribution in [2.24, 2.45) is 0 Å². The molecule has 100 valence electrons. The van der Waals surface area contributed by atoms with Crippen LogP contribution in [0.5, 0.6) is 5.88 Å². The molecule has 1 aromatic rings. The monoisotopic (exact) mass is 269 g/mol. The summed E-state index contributed by atoms with van der Waals surface area (Å²) in [4.78, 5) is 4.40. The number of nitrogens with zero attached hydrogens (tertiary/aromatic N) is 1. The maximum Gasteiger partial charge on any atom is 0.214 e. The zero-order valence-electron chi connectivity index (χ0n) is 11.1. The Kier molecular flexibility index (Phi) is 4.46. The molecular formula is C14H20ClNO2. The lowest BCUT2D eigenvalue weighted by Gasteiger charge is -2.32. The summed E-state index contributed by atoms with van der Waals surface area (Å²) in [5, 5.41) is 0. The molecule has 2 rings (SSSR count). The molecule has 0 saturated carbocycles. The molecule has 2 atom stereocenters. The molecule has 4 heteroatoms. The maximum atomic E-state index is 5.97. The smallest absolute Gasteiger partial charge is 0.214 e. The van der Waals surface area contributed by atoms with E-state index in [9.17, 15) is 0 Å². The lowest BCUT2D eigenvalue weighted by atomic mass is 10.0. The molecule has 2 unspecified atom stereocenters. The van der Waals surface area contributed by atoms with Crippen LogP contribution in [0.2, 0.25) is 0 Å². The van der Waals surface area contributed by atoms with Crippen molar-refractivity contribution in [3.63, 3.8) is 0 Å². The fourth-order valence-corrected chi connectivity index (χ4v) is 2.61. The Balaban J connectivity index is 2.06. The second-order valence-corrected chi connectivity index (χ2v) is 5.32. The maximum absolute atomic E-state index is 5.97. The van der Waals surface area contributed by atoms with Gasteiger partial charge in [-0.05, 0) is 32.4 Å². The fourth-order valence-electron chi connectivity index (χ4n) is 2.46. The number of pyridine rings is 1. The summed E-state index contributed by atoms with van der Waals surface area (Å²) < 4.78 is 11.7. The number of aryl methyl sites for hydroxylation is 1. The molecule has 0 bridgehead atoms. The second-order valence-electron chi connectivity index (χ2n) is 5.06. The van der Waals surface area contributed by atoms with Gasteiger partial charge in [-0.1, -0.05) is 0 Å². The van der Waals surface area contributed by atoms with Crippen molar-refractivity contribution >= 4 is 11.6 Å². The van der Waals surface area contributed by atoms with Crippen molar-refractivity contribution in [3.8, 4) is 5.88 Å². The van der Waals surface area contributed by atoms with Gasteiger partial charge < -0.3 is 9.47 Å². The molecule has 18 heavy (non-hydrogen) atoms. The number of hydrogen-bond acceptors (Lipinski definition) is 3. The van der Waals surface area contributed by atoms with Crippen LogP contribution >= 0.6 is 11.6 Å². The lowest BCUT2D eigenvalue weighted by Crippen LogP contribution is -2.35. The summed E-state index contributed by atoms with van der Waals surface area (Å²) in [6.45, 7) is 6.12. The highest BCUT2D eigenvalue weighted by molar-refractivity contribution is 6.17. The Bertz CT molecular complexity index is 401. The van der Waals surface area contributed by atoms with Crippen molar-refractivity contribution < 1.29 is 9.47 Å². The van der Waals surface area contributed by atoms with E-state index in [0.717, 1.165) is 24.1 Å². The summed E-state index contributed by atoms with van der Waals surface area (Å²) in [5.74, 6) is 1.16. The van der Waals surface area contributed by atoms with E-state index in [1.54, 1.807) is 0 Å². The first kappa shape index (κ1) is 13.6. The summed E-state index contributed by atoms with van der Waals surface area (Å²) in [6.07, 6.45) is 2.50. The molecular weight excluding hydrogens is 250 g/mol. The van der Waals surface area contributed by atoms with E-state index >= 15 is 0 Å². The van der Waals surface area contributed by atoms with E-state index in [0.29, 0.717) is 11.8 Å². The van der Waals surface area contributed by atoms with Crippen LogP contribution in [-0.4, -0.2) is 23.3 Å². The molecule has 0 aliphatic carbocycles. The van der Waals surface area contributed by atoms with Crippen molar-refractivity contribution in [2.75, 3.05) is 0 Å². The number of hydrogen-bond donors (Lipinski definition) is 0. The summed E-state index contributed by atoms with van der Waals surface area (Å²) in [7, 11) is 0. The van der Waals surface area contributed by atoms with Crippen LogP contribution in [0.3, 0.4) is 0 Å². The Labute approximate surface area is 113 Å². The second kappa shape index (κ2) is 5.89. The standard InChI is InChI=1S/C14H20ClNO2/c1-9-4-12(8-15)7-14(16-9)18-13-5-10(2)17-11(3)6-13/h4,7,10-11,13H,5-6,8H2,1-3H3. The van der Waals surface area contributed by atoms with Gasteiger partial charge >= 0.3 is 0 Å². The van der Waals surface area contributed by atoms with Gasteiger partial charge in [-0.25, -0.2) is 4.98 Å². The molecule has 1 aliphatic heterocycles. The number of ether oxygens (including phenoxy) is 2. The predicted octanol–water partition coefficient (Wildman–Crippen LogP) is 3.46. The van der Waals surface area contributed by atoms with Crippen LogP contribution in [0.4, 0.5) is 0 Å². The van der Waals surface area contributed by atoms with Crippen molar-refractivity contribution in [3.05, 3.63) is 23.4 Å². The van der Waals surface area contributed by atoms with Gasteiger partial charge in [-0.2, -0.15) is 0 Å². The van der Waals surface area contributed by atoms with Crippen molar-refractivity contribution in [2.45, 2.75) is 57.8 Å². The Morgan fingerprint density at radius 1 is 1.33 bits per heavy atom. The van der Waals surface area contributed by atoms with Crippen LogP contribution in [0.1, 0.15) is 37.9 Å². The predicted molar refractivity (Wildman–Crippen MR) is 72.2 cm³/mol. The van der Waals surface area contributed by atoms with Crippen molar-refractivity contribution in [1.82, 2.24) is 4.98 Å². The first-order valence-corrected chi connectivity index (χ1v) is 6.96. The third kappa shape index (κ3) is 3.59. The van der Waals surface area contributed by atoms with E-state index in [-0.39, 0.29) is 18.3 Å². The van der Waals surface area contributed by atoms with Crippen molar-refractivity contribution in [1.29, 1.82) is 0 Å². The highest BCUT2D eigenvalue weighted by atomic mass is 35.5. The summed E-state index contributed by atoms with van der Waals surface area (Å²) in [6, 6.07) is 3.90. The first-order valence-electron chi connectivity index (χ1n) is 6.42. The van der Waals surface area contributed by atoms with E-state index in [2.05, 4.69) is 18.8 Å². The molecule has 0 amide bonds. The SMILES string of the molecule is Cc1cc(CCl)cc(OC2CC(C)OC(C)C2)n1. The molecule has 0 aromatic carbocycles. The van der Waals surface area contributed by atoms with Crippen LogP contribution in [0, 0.1) is 6.92 Å². The van der Waals surface area contributed by atoms with Crippen LogP contribution in [0.25, 0.3) is 0 Å². The zero-order valence-corrected chi connectivity index (χ0v) is 11.9. The quantitative estimate of drug-likeness (QED) is 0.788. The summed E-state index contributed by atoms with van der Waals surface area (Å²) in [5.41, 5.74) is 1.99. The molecule has 1 saturated heterocycles. The van der Waals surface area contributed by atoms with Gasteiger partial charge in [0.15, 0.2) is 0 Å². The highest BCUT2D eigenvalue weighted by Gasteiger charge is 2.26. The average molecular weight is 270 g/mol. The normalized spacial score (nSPS) is 28.1. The van der Waals surface area contributed by atoms with Gasteiger partial charge in [0.1, 0.15) is 6.10 Å². The van der Waals surface area contributed by atoms with Crippen LogP contribution in [-0.2, 0) is 10.6 Å². The molecule has 0 radical (unpaired) electrons. The Morgan fingerprint density at radius 2 is 2.00 bits per heavy atom. The third-order valence-electron chi connectivity index (χ3n) is 3.09. The van der Waals surface area contributed by atoms with E-state index in [1.807, 2.05) is 19.1 Å². The van der Waals surface area contributed by atoms with Gasteiger partial charge in [0.25, 0.3) is 0 Å². The minimum absolute atomic E-state index is 0.182. The highest BCUT2D eigenvalue weighted by Crippen LogP contribution is 2.24. The number of aromatic nitrogens is 1. The Hall–Kier alpha value is -0.800. The van der Waals surface area contributed by atoms with E-state index < -0.39 is 0 Å². The zero-order chi connectivity index (χ0) is 13.1. The van der Waals surface area contributed by atoms with Gasteiger partial charge in [0.2, 0.25) is 5.88 Å². The molecule has 1 aliphatic rings. The number of halogens is 1. The van der Waals surface area contributed by atoms with Gasteiger partial charge in [0.05, 0.1) is 12.2 Å². The minimum Gasteiger partial charge on any atom is -0.474 e. The number of rotatable bonds is 3. The first-order chi connectivity index (χ1) is 8.56. The van der Waals surface area contributed by atoms with Crippen LogP contribution in [0.15, 0.2) is 12.1 Å². The molecule has 0 spiro atoms. The van der Waals surface area contributed by atoms with E-state index in [4.69, 9.17) is 21.1 Å². The fraction of sp³-hybridized carbons (Fsp3) is 0.643. The average Bonchev–Trinajstić information content (AvgIpc) is 2.26. The van der Waals surface area contributed by atoms with Crippen LogP contribution < -0.4 is 4.74 Å². The molecule has 0 N–H and O–H groups in total. The van der Waals surface area contributed by atoms with Gasteiger partial charge in [-0.3, -0.25) is 0 Å².